The first-order valence-corrected chi connectivity index (χ1v) is 5.37. The fourth-order valence-corrected chi connectivity index (χ4v) is 1.90. The smallest absolute Gasteiger partial charge is 0.237 e. The Morgan fingerprint density at radius 1 is 1.44 bits per heavy atom. The number of hydrogen-bond donors (Lipinski definition) is 2. The van der Waals surface area contributed by atoms with E-state index in [0.717, 1.165) is 25.9 Å². The highest BCUT2D eigenvalue weighted by molar-refractivity contribution is 5.85. The van der Waals surface area contributed by atoms with Crippen LogP contribution in [0.3, 0.4) is 0 Å². The molecule has 0 bridgehead atoms. The first kappa shape index (κ1) is 12.5. The van der Waals surface area contributed by atoms with Crippen molar-refractivity contribution in [2.75, 3.05) is 19.6 Å². The molecule has 5 nitrogen and oxygen atoms in total. The van der Waals surface area contributed by atoms with E-state index in [2.05, 4.69) is 11.2 Å². The molecular weight excluding hydrogens is 206 g/mol. The molecule has 16 heavy (non-hydrogen) atoms. The minimum absolute atomic E-state index is 0.0250. The van der Waals surface area contributed by atoms with Crippen molar-refractivity contribution >= 4 is 11.8 Å². The van der Waals surface area contributed by atoms with Crippen LogP contribution < -0.4 is 11.1 Å². The Morgan fingerprint density at radius 2 is 2.06 bits per heavy atom. The third-order valence-electron chi connectivity index (χ3n) is 2.65. The van der Waals surface area contributed by atoms with Gasteiger partial charge < -0.3 is 16.0 Å². The molecule has 1 aliphatic heterocycles. The van der Waals surface area contributed by atoms with Gasteiger partial charge in [-0.15, -0.1) is 6.42 Å². The molecule has 0 aliphatic carbocycles. The van der Waals surface area contributed by atoms with Gasteiger partial charge in [-0.2, -0.15) is 0 Å². The Labute approximate surface area is 95.4 Å². The third kappa shape index (κ3) is 3.55. The van der Waals surface area contributed by atoms with Gasteiger partial charge >= 0.3 is 0 Å². The molecule has 0 aromatic heterocycles. The number of nitrogens with one attached hydrogen (secondary N) is 1. The molecule has 1 fully saturated rings. The van der Waals surface area contributed by atoms with Gasteiger partial charge in [-0.05, 0) is 25.9 Å². The summed E-state index contributed by atoms with van der Waals surface area (Å²) in [5, 5.41) is 3.20. The number of piperidine rings is 1. The Balaban J connectivity index is 2.65. The molecule has 88 valence electrons. The summed E-state index contributed by atoms with van der Waals surface area (Å²) in [4.78, 5) is 24.2. The van der Waals surface area contributed by atoms with Crippen molar-refractivity contribution in [1.82, 2.24) is 10.2 Å². The molecule has 5 heteroatoms. The summed E-state index contributed by atoms with van der Waals surface area (Å²) >= 11 is 0. The maximum absolute atomic E-state index is 11.7. The first-order valence-electron chi connectivity index (χ1n) is 5.37. The lowest BCUT2D eigenvalue weighted by molar-refractivity contribution is -0.137. The van der Waals surface area contributed by atoms with Crippen LogP contribution in [-0.2, 0) is 9.59 Å². The quantitative estimate of drug-likeness (QED) is 0.605. The zero-order valence-electron chi connectivity index (χ0n) is 9.24. The van der Waals surface area contributed by atoms with Crippen molar-refractivity contribution in [3.8, 4) is 12.3 Å². The molecule has 1 heterocycles. The number of terminal acetylenes is 1. The van der Waals surface area contributed by atoms with Crippen LogP contribution in [0.15, 0.2) is 0 Å². The molecule has 0 saturated carbocycles. The maximum atomic E-state index is 11.7. The number of hydrogen-bond acceptors (Lipinski definition) is 3. The normalized spacial score (nSPS) is 16.4. The topological polar surface area (TPSA) is 75.4 Å². The summed E-state index contributed by atoms with van der Waals surface area (Å²) in [7, 11) is 0. The van der Waals surface area contributed by atoms with E-state index in [1.165, 1.54) is 4.90 Å². The Morgan fingerprint density at radius 3 is 2.56 bits per heavy atom. The molecule has 2 amide bonds. The van der Waals surface area contributed by atoms with E-state index >= 15 is 0 Å². The fraction of sp³-hybridized carbons (Fsp3) is 0.636. The predicted octanol–water partition coefficient (Wildman–Crippen LogP) is -0.924. The number of nitrogens with zero attached hydrogens (tertiary/aromatic N) is 1. The summed E-state index contributed by atoms with van der Waals surface area (Å²) in [6.45, 7) is 1.66. The summed E-state index contributed by atoms with van der Waals surface area (Å²) in [6, 6.07) is 0.0783. The van der Waals surface area contributed by atoms with Crippen molar-refractivity contribution in [3.05, 3.63) is 0 Å². The molecular formula is C11H17N3O2. The number of nitrogens with two attached hydrogens (primary N) is 1. The predicted molar refractivity (Wildman–Crippen MR) is 60.2 cm³/mol. The second-order valence-corrected chi connectivity index (χ2v) is 3.85. The van der Waals surface area contributed by atoms with E-state index in [1.807, 2.05) is 0 Å². The number of amides is 2. The molecule has 3 N–H and O–H groups in total. The molecule has 1 rings (SSSR count). The van der Waals surface area contributed by atoms with Crippen molar-refractivity contribution in [1.29, 1.82) is 0 Å². The van der Waals surface area contributed by atoms with E-state index in [4.69, 9.17) is 12.2 Å². The molecule has 0 spiro atoms. The number of rotatable bonds is 4. The second kappa shape index (κ2) is 6.13. The van der Waals surface area contributed by atoms with Crippen LogP contribution in [0.1, 0.15) is 19.3 Å². The van der Waals surface area contributed by atoms with Crippen molar-refractivity contribution in [2.45, 2.75) is 25.3 Å². The van der Waals surface area contributed by atoms with Crippen molar-refractivity contribution in [2.24, 2.45) is 5.73 Å². The molecule has 0 unspecified atom stereocenters. The SMILES string of the molecule is C#CCC(=O)N(CC(N)=O)C1CCNCC1. The van der Waals surface area contributed by atoms with Gasteiger partial charge in [0, 0.05) is 6.04 Å². The largest absolute Gasteiger partial charge is 0.368 e. The van der Waals surface area contributed by atoms with E-state index in [1.54, 1.807) is 0 Å². The van der Waals surface area contributed by atoms with Crippen LogP contribution in [0.4, 0.5) is 0 Å². The number of primary amides is 1. The minimum Gasteiger partial charge on any atom is -0.368 e. The van der Waals surface area contributed by atoms with Gasteiger partial charge in [-0.25, -0.2) is 0 Å². The van der Waals surface area contributed by atoms with Gasteiger partial charge in [0.05, 0.1) is 13.0 Å². The van der Waals surface area contributed by atoms with E-state index < -0.39 is 5.91 Å². The molecule has 0 aromatic carbocycles. The highest BCUT2D eigenvalue weighted by Gasteiger charge is 2.25. The molecule has 0 aromatic rings. The first-order chi connectivity index (χ1) is 7.65. The van der Waals surface area contributed by atoms with E-state index in [9.17, 15) is 9.59 Å². The zero-order chi connectivity index (χ0) is 12.0. The molecule has 0 atom stereocenters. The maximum Gasteiger partial charge on any atom is 0.237 e. The average molecular weight is 223 g/mol. The molecule has 1 saturated heterocycles. The summed E-state index contributed by atoms with van der Waals surface area (Å²) in [5.41, 5.74) is 5.13. The summed E-state index contributed by atoms with van der Waals surface area (Å²) < 4.78 is 0. The Bertz CT molecular complexity index is 303. The zero-order valence-corrected chi connectivity index (χ0v) is 9.24. The van der Waals surface area contributed by atoms with E-state index in [-0.39, 0.29) is 24.9 Å². The van der Waals surface area contributed by atoms with Gasteiger partial charge in [0.15, 0.2) is 0 Å². The second-order valence-electron chi connectivity index (χ2n) is 3.85. The third-order valence-corrected chi connectivity index (χ3v) is 2.65. The fourth-order valence-electron chi connectivity index (χ4n) is 1.90. The van der Waals surface area contributed by atoms with Gasteiger partial charge in [-0.1, -0.05) is 5.92 Å². The van der Waals surface area contributed by atoms with E-state index in [0.29, 0.717) is 0 Å². The lowest BCUT2D eigenvalue weighted by Crippen LogP contribution is -2.49. The highest BCUT2D eigenvalue weighted by Crippen LogP contribution is 2.12. The number of carbonyl (C=O) groups excluding carboxylic acids is 2. The summed E-state index contributed by atoms with van der Waals surface area (Å²) in [6.07, 6.45) is 6.80. The Hall–Kier alpha value is -1.54. The standard InChI is InChI=1S/C11H17N3O2/c1-2-3-11(16)14(8-10(12)15)9-4-6-13-7-5-9/h1,9,13H,3-8H2,(H2,12,15). The van der Waals surface area contributed by atoms with Crippen molar-refractivity contribution < 1.29 is 9.59 Å². The van der Waals surface area contributed by atoms with Gasteiger partial charge in [0.1, 0.15) is 0 Å². The molecule has 1 aliphatic rings. The van der Waals surface area contributed by atoms with Crippen molar-refractivity contribution in [3.63, 3.8) is 0 Å². The lowest BCUT2D eigenvalue weighted by Gasteiger charge is -2.33. The van der Waals surface area contributed by atoms with Crippen LogP contribution in [0.25, 0.3) is 0 Å². The van der Waals surface area contributed by atoms with Crippen LogP contribution in [0, 0.1) is 12.3 Å². The van der Waals surface area contributed by atoms with Gasteiger partial charge in [0.25, 0.3) is 0 Å². The van der Waals surface area contributed by atoms with Crippen LogP contribution in [0.2, 0.25) is 0 Å². The van der Waals surface area contributed by atoms with Crippen LogP contribution >= 0.6 is 0 Å². The van der Waals surface area contributed by atoms with Crippen LogP contribution in [0.5, 0.6) is 0 Å². The summed E-state index contributed by atoms with van der Waals surface area (Å²) in [5.74, 6) is 1.62. The minimum atomic E-state index is -0.496. The average Bonchev–Trinajstić information content (AvgIpc) is 2.27. The highest BCUT2D eigenvalue weighted by atomic mass is 16.2. The van der Waals surface area contributed by atoms with Gasteiger partial charge in [0.2, 0.25) is 11.8 Å². The lowest BCUT2D eigenvalue weighted by atomic mass is 10.0. The number of carbonyl (C=O) groups is 2. The monoisotopic (exact) mass is 223 g/mol. The van der Waals surface area contributed by atoms with Crippen LogP contribution in [-0.4, -0.2) is 42.4 Å². The molecule has 0 radical (unpaired) electrons. The van der Waals surface area contributed by atoms with Gasteiger partial charge in [-0.3, -0.25) is 9.59 Å². The Kier molecular flexibility index (Phi) is 4.80.